The van der Waals surface area contributed by atoms with Gasteiger partial charge in [-0.2, -0.15) is 0 Å². The minimum absolute atomic E-state index is 0.0208. The van der Waals surface area contributed by atoms with E-state index in [9.17, 15) is 14.9 Å². The zero-order valence-electron chi connectivity index (χ0n) is 15.7. The van der Waals surface area contributed by atoms with Crippen LogP contribution in [0.4, 0.5) is 23.0 Å². The van der Waals surface area contributed by atoms with Gasteiger partial charge in [-0.1, -0.05) is 37.8 Å². The lowest BCUT2D eigenvalue weighted by molar-refractivity contribution is -0.383. The fourth-order valence-electron chi connectivity index (χ4n) is 3.37. The molecule has 1 heterocycles. The van der Waals surface area contributed by atoms with E-state index in [-0.39, 0.29) is 28.9 Å². The normalized spacial score (nSPS) is 14.8. The molecular weight excluding hydrogens is 362 g/mol. The van der Waals surface area contributed by atoms with Gasteiger partial charge in [0.2, 0.25) is 11.6 Å². The molecule has 148 valence electrons. The number of ether oxygens (including phenoxy) is 1. The molecule has 0 saturated heterocycles. The van der Waals surface area contributed by atoms with Crippen molar-refractivity contribution in [3.8, 4) is 0 Å². The van der Waals surface area contributed by atoms with Crippen LogP contribution in [0.5, 0.6) is 0 Å². The summed E-state index contributed by atoms with van der Waals surface area (Å²) < 4.78 is 4.77. The molecular formula is C19H23N5O4. The molecule has 1 fully saturated rings. The van der Waals surface area contributed by atoms with E-state index in [0.717, 1.165) is 25.7 Å². The van der Waals surface area contributed by atoms with E-state index in [2.05, 4.69) is 20.6 Å². The van der Waals surface area contributed by atoms with Gasteiger partial charge in [0, 0.05) is 6.04 Å². The number of methoxy groups -OCH3 is 1. The number of esters is 1. The average molecular weight is 385 g/mol. The van der Waals surface area contributed by atoms with Crippen LogP contribution in [-0.4, -0.2) is 34.0 Å². The molecule has 0 radical (unpaired) electrons. The lowest BCUT2D eigenvalue weighted by atomic mass is 10.1. The number of nitro groups is 1. The van der Waals surface area contributed by atoms with Gasteiger partial charge in [0.1, 0.15) is 6.33 Å². The quantitative estimate of drug-likeness (QED) is 0.331. The number of carbonyl (C=O) groups excluding carboxylic acids is 1. The number of nitrogens with zero attached hydrogens (tertiary/aromatic N) is 3. The molecule has 1 saturated carbocycles. The predicted octanol–water partition coefficient (Wildman–Crippen LogP) is 4.05. The highest BCUT2D eigenvalue weighted by atomic mass is 16.6. The van der Waals surface area contributed by atoms with Crippen molar-refractivity contribution in [1.29, 1.82) is 0 Å². The van der Waals surface area contributed by atoms with Crippen LogP contribution < -0.4 is 10.6 Å². The Labute approximate surface area is 162 Å². The molecule has 9 heteroatoms. The van der Waals surface area contributed by atoms with E-state index < -0.39 is 10.9 Å². The van der Waals surface area contributed by atoms with Crippen LogP contribution in [0.15, 0.2) is 30.6 Å². The van der Waals surface area contributed by atoms with Crippen LogP contribution in [0.1, 0.15) is 48.9 Å². The lowest BCUT2D eigenvalue weighted by Gasteiger charge is -2.17. The second kappa shape index (κ2) is 9.12. The third-order valence-corrected chi connectivity index (χ3v) is 4.79. The summed E-state index contributed by atoms with van der Waals surface area (Å²) in [5.41, 5.74) is 0.388. The first-order valence-electron chi connectivity index (χ1n) is 9.30. The van der Waals surface area contributed by atoms with Gasteiger partial charge < -0.3 is 15.4 Å². The first kappa shape index (κ1) is 19.5. The summed E-state index contributed by atoms with van der Waals surface area (Å²) in [5.74, 6) is -0.339. The highest BCUT2D eigenvalue weighted by Gasteiger charge is 2.26. The Hall–Kier alpha value is -3.23. The molecule has 28 heavy (non-hydrogen) atoms. The summed E-state index contributed by atoms with van der Waals surface area (Å²) in [6.07, 6.45) is 7.73. The van der Waals surface area contributed by atoms with Crippen molar-refractivity contribution in [2.45, 2.75) is 44.6 Å². The number of nitrogens with one attached hydrogen (secondary N) is 2. The lowest BCUT2D eigenvalue weighted by Crippen LogP contribution is -2.20. The smallest absolute Gasteiger partial charge is 0.353 e. The molecule has 0 spiro atoms. The summed E-state index contributed by atoms with van der Waals surface area (Å²) >= 11 is 0. The molecule has 1 aromatic heterocycles. The third kappa shape index (κ3) is 4.54. The van der Waals surface area contributed by atoms with Crippen LogP contribution in [0.3, 0.4) is 0 Å². The number of carbonyl (C=O) groups is 1. The molecule has 1 aromatic carbocycles. The Bertz CT molecular complexity index is 850. The van der Waals surface area contributed by atoms with Gasteiger partial charge >= 0.3 is 11.7 Å². The molecule has 1 aliphatic rings. The minimum atomic E-state index is -0.545. The van der Waals surface area contributed by atoms with Crippen molar-refractivity contribution in [2.24, 2.45) is 0 Å². The molecule has 3 rings (SSSR count). The van der Waals surface area contributed by atoms with Crippen molar-refractivity contribution in [3.05, 3.63) is 46.3 Å². The molecule has 0 amide bonds. The molecule has 2 N–H and O–H groups in total. The van der Waals surface area contributed by atoms with Crippen molar-refractivity contribution >= 4 is 29.0 Å². The summed E-state index contributed by atoms with van der Waals surface area (Å²) in [6, 6.07) is 6.76. The van der Waals surface area contributed by atoms with Crippen molar-refractivity contribution in [2.75, 3.05) is 17.7 Å². The summed E-state index contributed by atoms with van der Waals surface area (Å²) in [6.45, 7) is 0. The minimum Gasteiger partial charge on any atom is -0.465 e. The highest BCUT2D eigenvalue weighted by molar-refractivity contribution is 5.96. The molecule has 0 aliphatic heterocycles. The van der Waals surface area contributed by atoms with E-state index in [4.69, 9.17) is 4.74 Å². The average Bonchev–Trinajstić information content (AvgIpc) is 2.96. The van der Waals surface area contributed by atoms with E-state index in [0.29, 0.717) is 5.69 Å². The van der Waals surface area contributed by atoms with E-state index in [1.165, 1.54) is 26.3 Å². The van der Waals surface area contributed by atoms with Gasteiger partial charge in [0.05, 0.1) is 23.3 Å². The van der Waals surface area contributed by atoms with Crippen LogP contribution in [0.25, 0.3) is 0 Å². The number of rotatable bonds is 6. The van der Waals surface area contributed by atoms with Gasteiger partial charge in [0.15, 0.2) is 0 Å². The van der Waals surface area contributed by atoms with E-state index in [1.54, 1.807) is 24.3 Å². The Morgan fingerprint density at radius 2 is 1.82 bits per heavy atom. The molecule has 0 unspecified atom stereocenters. The molecule has 0 bridgehead atoms. The third-order valence-electron chi connectivity index (χ3n) is 4.79. The van der Waals surface area contributed by atoms with Gasteiger partial charge in [0.25, 0.3) is 0 Å². The zero-order chi connectivity index (χ0) is 19.9. The first-order chi connectivity index (χ1) is 13.6. The van der Waals surface area contributed by atoms with E-state index in [1.807, 2.05) is 0 Å². The topological polar surface area (TPSA) is 119 Å². The number of anilines is 3. The largest absolute Gasteiger partial charge is 0.465 e. The first-order valence-corrected chi connectivity index (χ1v) is 9.30. The van der Waals surface area contributed by atoms with Crippen LogP contribution in [0, 0.1) is 10.1 Å². The maximum Gasteiger partial charge on any atom is 0.353 e. The molecule has 2 aromatic rings. The van der Waals surface area contributed by atoms with Gasteiger partial charge in [-0.05, 0) is 25.0 Å². The maximum atomic E-state index is 12.0. The van der Waals surface area contributed by atoms with E-state index >= 15 is 0 Å². The van der Waals surface area contributed by atoms with Crippen LogP contribution in [0.2, 0.25) is 0 Å². The number of aromatic nitrogens is 2. The van der Waals surface area contributed by atoms with Gasteiger partial charge in [-0.25, -0.2) is 14.8 Å². The zero-order valence-corrected chi connectivity index (χ0v) is 15.7. The summed E-state index contributed by atoms with van der Waals surface area (Å²) in [7, 11) is 1.28. The fraction of sp³-hybridized carbons (Fsp3) is 0.421. The maximum absolute atomic E-state index is 12.0. The van der Waals surface area contributed by atoms with Crippen molar-refractivity contribution in [1.82, 2.24) is 9.97 Å². The molecule has 1 aliphatic carbocycles. The standard InChI is InChI=1S/C19H23N5O4/c1-28-19(25)14-10-6-7-11-15(14)23-18-16(24(26)27)17(20-12-21-18)22-13-8-4-2-3-5-9-13/h6-7,10-13H,2-5,8-9H2,1H3,(H2,20,21,22,23). The second-order valence-electron chi connectivity index (χ2n) is 6.67. The number of benzene rings is 1. The Morgan fingerprint density at radius 1 is 1.14 bits per heavy atom. The van der Waals surface area contributed by atoms with Gasteiger partial charge in [-0.15, -0.1) is 0 Å². The van der Waals surface area contributed by atoms with Crippen LogP contribution in [-0.2, 0) is 4.74 Å². The second-order valence-corrected chi connectivity index (χ2v) is 6.67. The highest BCUT2D eigenvalue weighted by Crippen LogP contribution is 2.33. The summed E-state index contributed by atoms with van der Waals surface area (Å²) in [4.78, 5) is 31.4. The molecule has 9 nitrogen and oxygen atoms in total. The van der Waals surface area contributed by atoms with Crippen molar-refractivity contribution < 1.29 is 14.5 Å². The number of para-hydroxylation sites is 1. The molecule has 0 atom stereocenters. The monoisotopic (exact) mass is 385 g/mol. The Kier molecular flexibility index (Phi) is 6.36. The number of hydrogen-bond acceptors (Lipinski definition) is 8. The van der Waals surface area contributed by atoms with Crippen LogP contribution >= 0.6 is 0 Å². The SMILES string of the molecule is COC(=O)c1ccccc1Nc1ncnc(NC2CCCCCC2)c1[N+](=O)[O-]. The fourth-order valence-corrected chi connectivity index (χ4v) is 3.37. The summed E-state index contributed by atoms with van der Waals surface area (Å²) in [5, 5.41) is 17.9. The Morgan fingerprint density at radius 3 is 2.50 bits per heavy atom. The number of hydrogen-bond donors (Lipinski definition) is 2. The Balaban J connectivity index is 1.92. The van der Waals surface area contributed by atoms with Crippen molar-refractivity contribution in [3.63, 3.8) is 0 Å². The predicted molar refractivity (Wildman–Crippen MR) is 105 cm³/mol. The van der Waals surface area contributed by atoms with Gasteiger partial charge in [-0.3, -0.25) is 10.1 Å².